The van der Waals surface area contributed by atoms with E-state index in [0.29, 0.717) is 44.2 Å². The van der Waals surface area contributed by atoms with Gasteiger partial charge < -0.3 is 14.7 Å². The number of carbonyl (C=O) groups is 2. The number of hydrogen-bond donors (Lipinski definition) is 0. The van der Waals surface area contributed by atoms with Gasteiger partial charge in [0.15, 0.2) is 5.82 Å². The van der Waals surface area contributed by atoms with Gasteiger partial charge in [-0.1, -0.05) is 61.9 Å². The molecule has 7 heteroatoms. The maximum atomic E-state index is 13.3. The molecule has 0 N–H and O–H groups in total. The van der Waals surface area contributed by atoms with E-state index in [-0.39, 0.29) is 18.4 Å². The number of hydrogen-bond acceptors (Lipinski definition) is 5. The highest BCUT2D eigenvalue weighted by Gasteiger charge is 2.26. The highest BCUT2D eigenvalue weighted by molar-refractivity contribution is 5.97. The monoisotopic (exact) mass is 499 g/mol. The summed E-state index contributed by atoms with van der Waals surface area (Å²) in [5.41, 5.74) is 4.69. The average Bonchev–Trinajstić information content (AvgIpc) is 2.91. The molecule has 1 aliphatic heterocycles. The Morgan fingerprint density at radius 3 is 2.22 bits per heavy atom. The summed E-state index contributed by atoms with van der Waals surface area (Å²) in [6.07, 6.45) is 0.857. The van der Waals surface area contributed by atoms with Gasteiger partial charge in [-0.05, 0) is 49.9 Å². The number of amides is 2. The minimum Gasteiger partial charge on any atom is -0.352 e. The molecule has 1 fully saturated rings. The van der Waals surface area contributed by atoms with E-state index in [1.165, 1.54) is 5.56 Å². The van der Waals surface area contributed by atoms with Crippen molar-refractivity contribution in [3.8, 4) is 11.3 Å². The second kappa shape index (κ2) is 12.0. The molecule has 2 aromatic carbocycles. The smallest absolute Gasteiger partial charge is 0.254 e. The molecule has 194 valence electrons. The molecule has 2 heterocycles. The summed E-state index contributed by atoms with van der Waals surface area (Å²) in [6.45, 7) is 11.5. The number of nitrogens with zero attached hydrogens (tertiary/aromatic N) is 5. The maximum Gasteiger partial charge on any atom is 0.254 e. The standard InChI is InChI=1S/C30H37N5O2/c1-22(2)15-16-35(30(37)26-8-6-5-7-24(26)4)21-29(36)34-19-17-33(18-20-34)28-14-13-27(31-32-28)25-11-9-23(3)10-12-25/h5-14,22H,15-21H2,1-4H3. The first-order chi connectivity index (χ1) is 17.8. The molecule has 3 aromatic rings. The van der Waals surface area contributed by atoms with Crippen LogP contribution in [0, 0.1) is 19.8 Å². The summed E-state index contributed by atoms with van der Waals surface area (Å²) in [4.78, 5) is 32.3. The minimum absolute atomic E-state index is 0.00820. The summed E-state index contributed by atoms with van der Waals surface area (Å²) in [7, 11) is 0. The highest BCUT2D eigenvalue weighted by atomic mass is 16.2. The van der Waals surface area contributed by atoms with Gasteiger partial charge in [0.1, 0.15) is 6.54 Å². The normalized spacial score (nSPS) is 13.6. The van der Waals surface area contributed by atoms with E-state index in [0.717, 1.165) is 29.1 Å². The van der Waals surface area contributed by atoms with E-state index in [2.05, 4.69) is 60.1 Å². The maximum absolute atomic E-state index is 13.3. The first-order valence-corrected chi connectivity index (χ1v) is 13.1. The molecule has 1 aliphatic rings. The first kappa shape index (κ1) is 26.3. The average molecular weight is 500 g/mol. The zero-order valence-electron chi connectivity index (χ0n) is 22.4. The van der Waals surface area contributed by atoms with E-state index >= 15 is 0 Å². The first-order valence-electron chi connectivity index (χ1n) is 13.1. The number of benzene rings is 2. The summed E-state index contributed by atoms with van der Waals surface area (Å²) in [5, 5.41) is 8.87. The lowest BCUT2D eigenvalue weighted by Crippen LogP contribution is -2.52. The molecule has 4 rings (SSSR count). The molecule has 0 radical (unpaired) electrons. The Morgan fingerprint density at radius 2 is 1.59 bits per heavy atom. The largest absolute Gasteiger partial charge is 0.352 e. The zero-order chi connectivity index (χ0) is 26.4. The van der Waals surface area contributed by atoms with Crippen molar-refractivity contribution in [3.63, 3.8) is 0 Å². The SMILES string of the molecule is Cc1ccc(-c2ccc(N3CCN(C(=O)CN(CCC(C)C)C(=O)c4ccccc4C)CC3)nn2)cc1. The van der Waals surface area contributed by atoms with E-state index in [1.54, 1.807) is 4.90 Å². The minimum atomic E-state index is -0.0744. The molecule has 1 saturated heterocycles. The van der Waals surface area contributed by atoms with Gasteiger partial charge in [0.25, 0.3) is 5.91 Å². The third-order valence-electron chi connectivity index (χ3n) is 6.92. The summed E-state index contributed by atoms with van der Waals surface area (Å²) in [5.74, 6) is 1.18. The molecule has 0 saturated carbocycles. The van der Waals surface area contributed by atoms with Crippen molar-refractivity contribution in [2.75, 3.05) is 44.2 Å². The van der Waals surface area contributed by atoms with Crippen LogP contribution >= 0.6 is 0 Å². The van der Waals surface area contributed by atoms with Crippen LogP contribution in [0.4, 0.5) is 5.82 Å². The summed E-state index contributed by atoms with van der Waals surface area (Å²) >= 11 is 0. The van der Waals surface area contributed by atoms with Crippen molar-refractivity contribution < 1.29 is 9.59 Å². The molecular formula is C30H37N5O2. The summed E-state index contributed by atoms with van der Waals surface area (Å²) < 4.78 is 0. The van der Waals surface area contributed by atoms with Gasteiger partial charge in [0, 0.05) is 43.9 Å². The van der Waals surface area contributed by atoms with Crippen LogP contribution in [0.15, 0.2) is 60.7 Å². The lowest BCUT2D eigenvalue weighted by atomic mass is 10.1. The molecule has 0 spiro atoms. The lowest BCUT2D eigenvalue weighted by Gasteiger charge is -2.36. The van der Waals surface area contributed by atoms with E-state index in [4.69, 9.17) is 0 Å². The van der Waals surface area contributed by atoms with Gasteiger partial charge in [-0.15, -0.1) is 10.2 Å². The Bertz CT molecular complexity index is 1200. The fraction of sp³-hybridized carbons (Fsp3) is 0.400. The third-order valence-corrected chi connectivity index (χ3v) is 6.92. The van der Waals surface area contributed by atoms with Gasteiger partial charge in [0.2, 0.25) is 5.91 Å². The van der Waals surface area contributed by atoms with Crippen molar-refractivity contribution >= 4 is 17.6 Å². The van der Waals surface area contributed by atoms with Crippen LogP contribution < -0.4 is 4.90 Å². The predicted octanol–water partition coefficient (Wildman–Crippen LogP) is 4.60. The highest BCUT2D eigenvalue weighted by Crippen LogP contribution is 2.20. The molecular weight excluding hydrogens is 462 g/mol. The Balaban J connectivity index is 1.36. The summed E-state index contributed by atoms with van der Waals surface area (Å²) in [6, 6.07) is 19.8. The number of anilines is 1. The Morgan fingerprint density at radius 1 is 0.892 bits per heavy atom. The van der Waals surface area contributed by atoms with Gasteiger partial charge in [-0.3, -0.25) is 9.59 Å². The lowest BCUT2D eigenvalue weighted by molar-refractivity contribution is -0.132. The zero-order valence-corrected chi connectivity index (χ0v) is 22.4. The Hall–Kier alpha value is -3.74. The third kappa shape index (κ3) is 6.73. The van der Waals surface area contributed by atoms with Crippen LogP contribution in [0.25, 0.3) is 11.3 Å². The van der Waals surface area contributed by atoms with E-state index in [9.17, 15) is 9.59 Å². The molecule has 7 nitrogen and oxygen atoms in total. The van der Waals surface area contributed by atoms with Crippen LogP contribution in [0.5, 0.6) is 0 Å². The molecule has 0 unspecified atom stereocenters. The van der Waals surface area contributed by atoms with Gasteiger partial charge in [0.05, 0.1) is 5.69 Å². The number of carbonyl (C=O) groups excluding carboxylic acids is 2. The van der Waals surface area contributed by atoms with Gasteiger partial charge >= 0.3 is 0 Å². The molecule has 0 bridgehead atoms. The van der Waals surface area contributed by atoms with Gasteiger partial charge in [-0.25, -0.2) is 0 Å². The van der Waals surface area contributed by atoms with Crippen LogP contribution in [0.3, 0.4) is 0 Å². The topological polar surface area (TPSA) is 69.6 Å². The Labute approximate surface area is 220 Å². The quantitative estimate of drug-likeness (QED) is 0.453. The molecule has 1 aromatic heterocycles. The van der Waals surface area contributed by atoms with Crippen LogP contribution in [0.2, 0.25) is 0 Å². The van der Waals surface area contributed by atoms with E-state index < -0.39 is 0 Å². The van der Waals surface area contributed by atoms with Crippen LogP contribution in [0.1, 0.15) is 41.8 Å². The van der Waals surface area contributed by atoms with Crippen molar-refractivity contribution in [1.29, 1.82) is 0 Å². The van der Waals surface area contributed by atoms with Crippen molar-refractivity contribution in [2.24, 2.45) is 5.92 Å². The molecule has 2 amide bonds. The van der Waals surface area contributed by atoms with E-state index in [1.807, 2.05) is 48.2 Å². The fourth-order valence-electron chi connectivity index (χ4n) is 4.47. The molecule has 37 heavy (non-hydrogen) atoms. The molecule has 0 aliphatic carbocycles. The predicted molar refractivity (Wildman–Crippen MR) is 148 cm³/mol. The molecule has 0 atom stereocenters. The Kier molecular flexibility index (Phi) is 8.54. The van der Waals surface area contributed by atoms with Crippen LogP contribution in [-0.4, -0.2) is 71.1 Å². The van der Waals surface area contributed by atoms with Gasteiger partial charge in [-0.2, -0.15) is 0 Å². The fourth-order valence-corrected chi connectivity index (χ4v) is 4.47. The van der Waals surface area contributed by atoms with Crippen molar-refractivity contribution in [1.82, 2.24) is 20.0 Å². The van der Waals surface area contributed by atoms with Crippen molar-refractivity contribution in [3.05, 3.63) is 77.4 Å². The number of piperazine rings is 1. The second-order valence-corrected chi connectivity index (χ2v) is 10.2. The van der Waals surface area contributed by atoms with Crippen LogP contribution in [-0.2, 0) is 4.79 Å². The second-order valence-electron chi connectivity index (χ2n) is 10.2. The van der Waals surface area contributed by atoms with Crippen molar-refractivity contribution in [2.45, 2.75) is 34.1 Å². The number of rotatable bonds is 8. The number of aryl methyl sites for hydroxylation is 2. The number of aromatic nitrogens is 2.